The number of aryl methyl sites for hydroxylation is 1. The zero-order valence-corrected chi connectivity index (χ0v) is 21.9. The molecule has 3 fully saturated rings. The Morgan fingerprint density at radius 3 is 2.74 bits per heavy atom. The summed E-state index contributed by atoms with van der Waals surface area (Å²) in [5.74, 6) is 2.08. The van der Waals surface area contributed by atoms with E-state index in [-0.39, 0.29) is 23.7 Å². The van der Waals surface area contributed by atoms with Gasteiger partial charge in [0.2, 0.25) is 11.7 Å². The maximum absolute atomic E-state index is 13.1. The third kappa shape index (κ3) is 4.15. The Labute approximate surface area is 224 Å². The number of benzene rings is 1. The average Bonchev–Trinajstić information content (AvgIpc) is 3.75. The van der Waals surface area contributed by atoms with Gasteiger partial charge in [0.15, 0.2) is 5.82 Å². The Bertz CT molecular complexity index is 1450. The van der Waals surface area contributed by atoms with E-state index in [0.29, 0.717) is 67.2 Å². The molecular formula is C27H31ClN6O4. The SMILES string of the molecule is Cn1c(=O)c2c(c3cc(Nc4nc(N5C6COCC5CC(O)C6)ncc4Cl)ccc31)NC(C1CC1)CCO2. The maximum Gasteiger partial charge on any atom is 0.295 e. The molecule has 10 nitrogen and oxygen atoms in total. The van der Waals surface area contributed by atoms with Crippen molar-refractivity contribution in [2.75, 3.05) is 35.4 Å². The van der Waals surface area contributed by atoms with E-state index >= 15 is 0 Å². The molecule has 11 heteroatoms. The molecule has 5 heterocycles. The number of ether oxygens (including phenoxy) is 2. The maximum atomic E-state index is 13.1. The number of rotatable bonds is 4. The molecule has 0 amide bonds. The first-order valence-electron chi connectivity index (χ1n) is 13.4. The molecule has 3 N–H and O–H groups in total. The molecule has 4 aliphatic rings. The minimum Gasteiger partial charge on any atom is -0.486 e. The van der Waals surface area contributed by atoms with Crippen molar-refractivity contribution in [3.05, 3.63) is 39.8 Å². The van der Waals surface area contributed by atoms with Crippen LogP contribution in [0.1, 0.15) is 32.1 Å². The van der Waals surface area contributed by atoms with Crippen LogP contribution in [0.5, 0.6) is 5.75 Å². The summed E-state index contributed by atoms with van der Waals surface area (Å²) in [4.78, 5) is 24.6. The monoisotopic (exact) mass is 538 g/mol. The van der Waals surface area contributed by atoms with E-state index in [1.165, 1.54) is 12.8 Å². The van der Waals surface area contributed by atoms with Gasteiger partial charge in [0.05, 0.1) is 55.4 Å². The molecular weight excluding hydrogens is 508 g/mol. The Kier molecular flexibility index (Phi) is 5.86. The number of morpholine rings is 1. The molecule has 2 bridgehead atoms. The van der Waals surface area contributed by atoms with Gasteiger partial charge < -0.3 is 34.7 Å². The number of aromatic nitrogens is 3. The molecule has 1 aromatic carbocycles. The van der Waals surface area contributed by atoms with Gasteiger partial charge in [0, 0.05) is 30.6 Å². The van der Waals surface area contributed by atoms with Crippen LogP contribution in [-0.4, -0.2) is 63.7 Å². The normalized spacial score (nSPS) is 26.8. The molecule has 38 heavy (non-hydrogen) atoms. The van der Waals surface area contributed by atoms with Crippen molar-refractivity contribution in [1.82, 2.24) is 14.5 Å². The van der Waals surface area contributed by atoms with Crippen molar-refractivity contribution >= 4 is 45.6 Å². The number of nitrogens with one attached hydrogen (secondary N) is 2. The summed E-state index contributed by atoms with van der Waals surface area (Å²) in [7, 11) is 1.77. The van der Waals surface area contributed by atoms with E-state index in [1.807, 2.05) is 18.2 Å². The molecule has 2 aromatic heterocycles. The molecule has 7 rings (SSSR count). The summed E-state index contributed by atoms with van der Waals surface area (Å²) >= 11 is 6.54. The van der Waals surface area contributed by atoms with Gasteiger partial charge >= 0.3 is 0 Å². The van der Waals surface area contributed by atoms with Gasteiger partial charge in [0.1, 0.15) is 5.02 Å². The predicted octanol–water partition coefficient (Wildman–Crippen LogP) is 3.43. The third-order valence-corrected chi connectivity index (χ3v) is 8.55. The largest absolute Gasteiger partial charge is 0.486 e. The number of hydrogen-bond acceptors (Lipinski definition) is 9. The lowest BCUT2D eigenvalue weighted by molar-refractivity contribution is 0.000353. The van der Waals surface area contributed by atoms with Crippen LogP contribution in [-0.2, 0) is 11.8 Å². The number of nitrogens with zero attached hydrogens (tertiary/aromatic N) is 4. The lowest BCUT2D eigenvalue weighted by Crippen LogP contribution is -2.59. The minimum atomic E-state index is -0.337. The molecule has 1 saturated carbocycles. The number of aliphatic hydroxyl groups excluding tert-OH is 1. The molecule has 3 aromatic rings. The predicted molar refractivity (Wildman–Crippen MR) is 146 cm³/mol. The highest BCUT2D eigenvalue weighted by Crippen LogP contribution is 2.41. The van der Waals surface area contributed by atoms with E-state index < -0.39 is 0 Å². The average molecular weight is 539 g/mol. The van der Waals surface area contributed by atoms with Gasteiger partial charge in [-0.05, 0) is 49.8 Å². The van der Waals surface area contributed by atoms with Crippen molar-refractivity contribution < 1.29 is 14.6 Å². The summed E-state index contributed by atoms with van der Waals surface area (Å²) < 4.78 is 13.4. The first-order chi connectivity index (χ1) is 18.5. The molecule has 0 radical (unpaired) electrons. The fraction of sp³-hybridized carbons (Fsp3) is 0.519. The summed E-state index contributed by atoms with van der Waals surface area (Å²) in [6.07, 6.45) is 5.81. The number of halogens is 1. The van der Waals surface area contributed by atoms with Gasteiger partial charge in [-0.1, -0.05) is 11.6 Å². The molecule has 3 aliphatic heterocycles. The molecule has 0 spiro atoms. The second-order valence-electron chi connectivity index (χ2n) is 10.9. The van der Waals surface area contributed by atoms with Gasteiger partial charge in [-0.15, -0.1) is 0 Å². The second kappa shape index (κ2) is 9.29. The number of aliphatic hydroxyl groups is 1. The van der Waals surface area contributed by atoms with E-state index in [1.54, 1.807) is 17.8 Å². The van der Waals surface area contributed by atoms with E-state index in [0.717, 1.165) is 28.7 Å². The van der Waals surface area contributed by atoms with Crippen molar-refractivity contribution in [3.63, 3.8) is 0 Å². The van der Waals surface area contributed by atoms with Crippen LogP contribution < -0.4 is 25.8 Å². The van der Waals surface area contributed by atoms with Crippen LogP contribution >= 0.6 is 11.6 Å². The van der Waals surface area contributed by atoms with Crippen molar-refractivity contribution in [1.29, 1.82) is 0 Å². The lowest BCUT2D eigenvalue weighted by atomic mass is 9.92. The summed E-state index contributed by atoms with van der Waals surface area (Å²) in [5, 5.41) is 18.6. The van der Waals surface area contributed by atoms with Crippen LogP contribution in [0.4, 0.5) is 23.1 Å². The molecule has 3 atom stereocenters. The van der Waals surface area contributed by atoms with Crippen LogP contribution in [0.15, 0.2) is 29.2 Å². The van der Waals surface area contributed by atoms with Crippen LogP contribution in [0.25, 0.3) is 10.9 Å². The van der Waals surface area contributed by atoms with Crippen LogP contribution in [0.2, 0.25) is 5.02 Å². The highest BCUT2D eigenvalue weighted by atomic mass is 35.5. The van der Waals surface area contributed by atoms with Crippen molar-refractivity contribution in [3.8, 4) is 5.75 Å². The summed E-state index contributed by atoms with van der Waals surface area (Å²) in [5.41, 5.74) is 2.23. The highest BCUT2D eigenvalue weighted by molar-refractivity contribution is 6.33. The van der Waals surface area contributed by atoms with E-state index in [9.17, 15) is 9.90 Å². The lowest BCUT2D eigenvalue weighted by Gasteiger charge is -2.47. The quantitative estimate of drug-likeness (QED) is 0.459. The van der Waals surface area contributed by atoms with Crippen LogP contribution in [0, 0.1) is 5.92 Å². The molecule has 3 unspecified atom stereocenters. The van der Waals surface area contributed by atoms with Crippen LogP contribution in [0.3, 0.4) is 0 Å². The Morgan fingerprint density at radius 2 is 1.97 bits per heavy atom. The van der Waals surface area contributed by atoms with Crippen molar-refractivity contribution in [2.24, 2.45) is 13.0 Å². The molecule has 200 valence electrons. The van der Waals surface area contributed by atoms with E-state index in [4.69, 9.17) is 26.1 Å². The first kappa shape index (κ1) is 24.0. The van der Waals surface area contributed by atoms with Gasteiger partial charge in [-0.3, -0.25) is 4.79 Å². The second-order valence-corrected chi connectivity index (χ2v) is 11.3. The fourth-order valence-corrected chi connectivity index (χ4v) is 6.33. The Hall–Kier alpha value is -3.08. The number of pyridine rings is 1. The summed E-state index contributed by atoms with van der Waals surface area (Å²) in [6.45, 7) is 1.60. The minimum absolute atomic E-state index is 0.0226. The smallest absolute Gasteiger partial charge is 0.295 e. The molecule has 1 aliphatic carbocycles. The first-order valence-corrected chi connectivity index (χ1v) is 13.7. The Balaban J connectivity index is 1.25. The molecule has 2 saturated heterocycles. The summed E-state index contributed by atoms with van der Waals surface area (Å²) in [6, 6.07) is 6.21. The zero-order valence-electron chi connectivity index (χ0n) is 21.2. The zero-order chi connectivity index (χ0) is 26.0. The van der Waals surface area contributed by atoms with Gasteiger partial charge in [0.25, 0.3) is 5.56 Å². The third-order valence-electron chi connectivity index (χ3n) is 8.27. The number of piperidine rings is 1. The number of anilines is 4. The topological polar surface area (TPSA) is 114 Å². The van der Waals surface area contributed by atoms with Gasteiger partial charge in [-0.25, -0.2) is 4.98 Å². The van der Waals surface area contributed by atoms with Crippen molar-refractivity contribution in [2.45, 2.75) is 56.3 Å². The standard InChI is InChI=1S/C27H31ClN6O4/c1-33-22-5-4-15(8-19(22)23-24(26(33)36)38-7-6-21(31-23)14-2-3-14)30-25-20(28)11-29-27(32-25)34-16-9-18(35)10-17(34)13-37-12-16/h4-5,8,11,14,16-18,21,31,35H,2-3,6-7,9-10,12-13H2,1H3,(H,29,30,32). The Morgan fingerprint density at radius 1 is 1.18 bits per heavy atom. The fourth-order valence-electron chi connectivity index (χ4n) is 6.19. The highest BCUT2D eigenvalue weighted by Gasteiger charge is 2.40. The number of fused-ring (bicyclic) bond motifs is 5. The van der Waals surface area contributed by atoms with E-state index in [2.05, 4.69) is 20.5 Å². The number of hydrogen-bond donors (Lipinski definition) is 3. The van der Waals surface area contributed by atoms with Gasteiger partial charge in [-0.2, -0.15) is 4.98 Å².